The van der Waals surface area contributed by atoms with Gasteiger partial charge in [-0.15, -0.1) is 0 Å². The normalized spacial score (nSPS) is 11.7. The summed E-state index contributed by atoms with van der Waals surface area (Å²) in [5.41, 5.74) is 6.25. The number of fused-ring (bicyclic) bond motifs is 3. The maximum atomic E-state index is 13.7. The lowest BCUT2D eigenvalue weighted by Gasteiger charge is -2.25. The summed E-state index contributed by atoms with van der Waals surface area (Å²) in [7, 11) is -3.98. The van der Waals surface area contributed by atoms with Crippen LogP contribution in [0.25, 0.3) is 21.8 Å². The Labute approximate surface area is 223 Å². The molecule has 5 aromatic rings. The maximum Gasteiger partial charge on any atom is 0.264 e. The molecule has 0 bridgehead atoms. The van der Waals surface area contributed by atoms with Gasteiger partial charge >= 0.3 is 0 Å². The van der Waals surface area contributed by atoms with E-state index in [-0.39, 0.29) is 11.4 Å². The molecule has 0 spiro atoms. The summed E-state index contributed by atoms with van der Waals surface area (Å²) >= 11 is 0. The van der Waals surface area contributed by atoms with Crippen LogP contribution in [0.15, 0.2) is 89.8 Å². The van der Waals surface area contributed by atoms with Gasteiger partial charge in [-0.1, -0.05) is 42.0 Å². The standard InChI is InChI=1S/C31H31N3O3S/c1-5-33-29-9-7-6-8-27(29)28-19-24(13-17-30(28)33)32-31(35)20-34(25-14-12-22(3)23(4)18-25)38(36,37)26-15-10-21(2)11-16-26/h6-19H,5,20H2,1-4H3,(H,32,35). The lowest BCUT2D eigenvalue weighted by Crippen LogP contribution is -2.38. The van der Waals surface area contributed by atoms with Gasteiger partial charge in [0.15, 0.2) is 0 Å². The van der Waals surface area contributed by atoms with Crippen LogP contribution in [0.1, 0.15) is 23.6 Å². The van der Waals surface area contributed by atoms with E-state index in [0.29, 0.717) is 11.4 Å². The second-order valence-electron chi connectivity index (χ2n) is 9.63. The predicted molar refractivity (Wildman–Crippen MR) is 155 cm³/mol. The number of carbonyl (C=O) groups excluding carboxylic acids is 1. The van der Waals surface area contributed by atoms with E-state index in [1.165, 1.54) is 4.31 Å². The SMILES string of the molecule is CCn1c2ccccc2c2cc(NC(=O)CN(c3ccc(C)c(C)c3)S(=O)(=O)c3ccc(C)cc3)ccc21. The number of hydrogen-bond acceptors (Lipinski definition) is 3. The third-order valence-corrected chi connectivity index (χ3v) is 8.84. The first-order chi connectivity index (χ1) is 18.2. The third kappa shape index (κ3) is 4.65. The lowest BCUT2D eigenvalue weighted by atomic mass is 10.1. The minimum atomic E-state index is -3.98. The molecule has 38 heavy (non-hydrogen) atoms. The number of nitrogens with one attached hydrogen (secondary N) is 1. The van der Waals surface area contributed by atoms with E-state index in [2.05, 4.69) is 28.9 Å². The number of aromatic nitrogens is 1. The summed E-state index contributed by atoms with van der Waals surface area (Å²) in [6.45, 7) is 8.38. The van der Waals surface area contributed by atoms with E-state index in [0.717, 1.165) is 45.0 Å². The molecular formula is C31H31N3O3S. The molecule has 1 aromatic heterocycles. The summed E-state index contributed by atoms with van der Waals surface area (Å²) in [6, 6.07) is 26.1. The van der Waals surface area contributed by atoms with Crippen molar-refractivity contribution < 1.29 is 13.2 Å². The van der Waals surface area contributed by atoms with Gasteiger partial charge in [-0.3, -0.25) is 9.10 Å². The van der Waals surface area contributed by atoms with Crippen LogP contribution in [0, 0.1) is 20.8 Å². The van der Waals surface area contributed by atoms with Crippen LogP contribution in [-0.4, -0.2) is 25.4 Å². The number of hydrogen-bond donors (Lipinski definition) is 1. The molecule has 0 fully saturated rings. The lowest BCUT2D eigenvalue weighted by molar-refractivity contribution is -0.114. The number of sulfonamides is 1. The molecule has 0 unspecified atom stereocenters. The van der Waals surface area contributed by atoms with Gasteiger partial charge in [0.25, 0.3) is 10.0 Å². The van der Waals surface area contributed by atoms with Crippen molar-refractivity contribution in [1.29, 1.82) is 0 Å². The number of para-hydroxylation sites is 1. The van der Waals surface area contributed by atoms with Gasteiger partial charge in [0.05, 0.1) is 10.6 Å². The van der Waals surface area contributed by atoms with Crippen LogP contribution >= 0.6 is 0 Å². The Morgan fingerprint density at radius 2 is 1.53 bits per heavy atom. The number of anilines is 2. The van der Waals surface area contributed by atoms with Gasteiger partial charge in [-0.05, 0) is 87.4 Å². The first-order valence-electron chi connectivity index (χ1n) is 12.7. The Kier molecular flexibility index (Phi) is 6.71. The zero-order chi connectivity index (χ0) is 27.0. The zero-order valence-corrected chi connectivity index (χ0v) is 22.8. The molecule has 4 aromatic carbocycles. The molecule has 1 amide bonds. The fourth-order valence-corrected chi connectivity index (χ4v) is 6.25. The molecule has 194 valence electrons. The predicted octanol–water partition coefficient (Wildman–Crippen LogP) is 6.57. The van der Waals surface area contributed by atoms with E-state index in [1.54, 1.807) is 36.4 Å². The van der Waals surface area contributed by atoms with Crippen molar-refractivity contribution in [3.05, 3.63) is 102 Å². The van der Waals surface area contributed by atoms with E-state index in [1.807, 2.05) is 57.2 Å². The van der Waals surface area contributed by atoms with Gasteiger partial charge in [0.1, 0.15) is 6.54 Å². The van der Waals surface area contributed by atoms with Crippen LogP contribution in [0.3, 0.4) is 0 Å². The topological polar surface area (TPSA) is 71.4 Å². The number of nitrogens with zero attached hydrogens (tertiary/aromatic N) is 2. The van der Waals surface area contributed by atoms with E-state index >= 15 is 0 Å². The largest absolute Gasteiger partial charge is 0.341 e. The van der Waals surface area contributed by atoms with Crippen LogP contribution in [-0.2, 0) is 21.4 Å². The van der Waals surface area contributed by atoms with Crippen LogP contribution in [0.5, 0.6) is 0 Å². The summed E-state index contributed by atoms with van der Waals surface area (Å²) < 4.78 is 30.9. The van der Waals surface area contributed by atoms with Gasteiger partial charge < -0.3 is 9.88 Å². The Morgan fingerprint density at radius 3 is 2.24 bits per heavy atom. The highest BCUT2D eigenvalue weighted by molar-refractivity contribution is 7.92. The van der Waals surface area contributed by atoms with Crippen LogP contribution in [0.2, 0.25) is 0 Å². The van der Waals surface area contributed by atoms with Crippen molar-refractivity contribution in [1.82, 2.24) is 4.57 Å². The Morgan fingerprint density at radius 1 is 0.816 bits per heavy atom. The molecule has 1 heterocycles. The minimum absolute atomic E-state index is 0.142. The fraction of sp³-hybridized carbons (Fsp3) is 0.194. The van der Waals surface area contributed by atoms with Gasteiger partial charge in [0, 0.05) is 34.0 Å². The molecule has 0 saturated carbocycles. The molecule has 0 aliphatic heterocycles. The first kappa shape index (κ1) is 25.5. The highest BCUT2D eigenvalue weighted by Crippen LogP contribution is 2.31. The van der Waals surface area contributed by atoms with Crippen molar-refractivity contribution in [2.45, 2.75) is 39.1 Å². The van der Waals surface area contributed by atoms with Crippen molar-refractivity contribution in [2.75, 3.05) is 16.2 Å². The zero-order valence-electron chi connectivity index (χ0n) is 22.0. The number of rotatable bonds is 7. The monoisotopic (exact) mass is 525 g/mol. The maximum absolute atomic E-state index is 13.7. The Balaban J connectivity index is 1.49. The molecule has 1 N–H and O–H groups in total. The summed E-state index contributed by atoms with van der Waals surface area (Å²) in [6.07, 6.45) is 0. The van der Waals surface area contributed by atoms with E-state index in [9.17, 15) is 13.2 Å². The Hall–Kier alpha value is -4.10. The summed E-state index contributed by atoms with van der Waals surface area (Å²) in [5.74, 6) is -0.419. The number of amides is 1. The van der Waals surface area contributed by atoms with E-state index < -0.39 is 15.9 Å². The molecule has 0 aliphatic carbocycles. The molecule has 0 atom stereocenters. The second-order valence-corrected chi connectivity index (χ2v) is 11.5. The summed E-state index contributed by atoms with van der Waals surface area (Å²) in [5, 5.41) is 5.08. The quantitative estimate of drug-likeness (QED) is 0.261. The van der Waals surface area contributed by atoms with Crippen molar-refractivity contribution in [2.24, 2.45) is 0 Å². The average molecular weight is 526 g/mol. The highest BCUT2D eigenvalue weighted by Gasteiger charge is 2.27. The van der Waals surface area contributed by atoms with Crippen molar-refractivity contribution in [3.63, 3.8) is 0 Å². The number of carbonyl (C=O) groups is 1. The molecule has 5 rings (SSSR count). The van der Waals surface area contributed by atoms with Gasteiger partial charge in [0.2, 0.25) is 5.91 Å². The number of aryl methyl sites for hydroxylation is 4. The van der Waals surface area contributed by atoms with Gasteiger partial charge in [-0.2, -0.15) is 0 Å². The van der Waals surface area contributed by atoms with Crippen LogP contribution in [0.4, 0.5) is 11.4 Å². The van der Waals surface area contributed by atoms with E-state index in [4.69, 9.17) is 0 Å². The van der Waals surface area contributed by atoms with Crippen molar-refractivity contribution in [3.8, 4) is 0 Å². The highest BCUT2D eigenvalue weighted by atomic mass is 32.2. The molecular weight excluding hydrogens is 494 g/mol. The minimum Gasteiger partial charge on any atom is -0.341 e. The molecule has 0 aliphatic rings. The fourth-order valence-electron chi connectivity index (χ4n) is 4.84. The Bertz CT molecular complexity index is 1770. The van der Waals surface area contributed by atoms with Crippen molar-refractivity contribution >= 4 is 49.1 Å². The first-order valence-corrected chi connectivity index (χ1v) is 14.1. The molecule has 6 nitrogen and oxygen atoms in total. The molecule has 0 saturated heterocycles. The second kappa shape index (κ2) is 9.99. The molecule has 0 radical (unpaired) electrons. The summed E-state index contributed by atoms with van der Waals surface area (Å²) in [4.78, 5) is 13.5. The molecule has 7 heteroatoms. The smallest absolute Gasteiger partial charge is 0.264 e. The average Bonchev–Trinajstić information content (AvgIpc) is 3.22. The van der Waals surface area contributed by atoms with Crippen LogP contribution < -0.4 is 9.62 Å². The number of benzene rings is 4. The third-order valence-electron chi connectivity index (χ3n) is 7.05. The van der Waals surface area contributed by atoms with Gasteiger partial charge in [-0.25, -0.2) is 8.42 Å².